The Balaban J connectivity index is 2.03. The van der Waals surface area contributed by atoms with Crippen molar-refractivity contribution in [3.8, 4) is 16.9 Å². The third kappa shape index (κ3) is 2.90. The van der Waals surface area contributed by atoms with Gasteiger partial charge in [0.2, 0.25) is 0 Å². The first-order chi connectivity index (χ1) is 14.0. The van der Waals surface area contributed by atoms with Crippen LogP contribution in [0.4, 0.5) is 0 Å². The predicted molar refractivity (Wildman–Crippen MR) is 111 cm³/mol. The fourth-order valence-corrected chi connectivity index (χ4v) is 4.16. The molecule has 1 aliphatic carbocycles. The number of carboxylic acids is 1. The fourth-order valence-electron chi connectivity index (χ4n) is 4.16. The molecule has 0 bridgehead atoms. The second-order valence-electron chi connectivity index (χ2n) is 7.16. The first-order valence-corrected chi connectivity index (χ1v) is 9.49. The lowest BCUT2D eigenvalue weighted by atomic mass is 9.83. The van der Waals surface area contributed by atoms with Gasteiger partial charge < -0.3 is 20.3 Å². The molecule has 3 aromatic carbocycles. The highest BCUT2D eigenvalue weighted by molar-refractivity contribution is 5.83. The van der Waals surface area contributed by atoms with E-state index in [0.29, 0.717) is 5.75 Å². The lowest BCUT2D eigenvalue weighted by Crippen LogP contribution is -2.46. The van der Waals surface area contributed by atoms with Gasteiger partial charge in [-0.2, -0.15) is 0 Å². The quantitative estimate of drug-likeness (QED) is 0.670. The third-order valence-electron chi connectivity index (χ3n) is 5.54. The van der Waals surface area contributed by atoms with Crippen molar-refractivity contribution in [1.82, 2.24) is 0 Å². The molecule has 0 fully saturated rings. The maximum Gasteiger partial charge on any atom is 0.323 e. The summed E-state index contributed by atoms with van der Waals surface area (Å²) in [5.41, 5.74) is 9.68. The van der Waals surface area contributed by atoms with Gasteiger partial charge in [-0.05, 0) is 24.1 Å². The number of aliphatic carboxylic acids is 1. The summed E-state index contributed by atoms with van der Waals surface area (Å²) in [5.74, 6) is -0.442. The molecule has 0 saturated heterocycles. The van der Waals surface area contributed by atoms with E-state index < -0.39 is 23.7 Å². The third-order valence-corrected chi connectivity index (χ3v) is 5.54. The number of ether oxygens (including phenoxy) is 2. The van der Waals surface area contributed by atoms with Gasteiger partial charge in [0.1, 0.15) is 17.4 Å². The van der Waals surface area contributed by atoms with Crippen LogP contribution in [0.25, 0.3) is 11.1 Å². The summed E-state index contributed by atoms with van der Waals surface area (Å²) >= 11 is 0. The van der Waals surface area contributed by atoms with Crippen molar-refractivity contribution in [3.63, 3.8) is 0 Å². The molecule has 1 unspecified atom stereocenters. The molecule has 29 heavy (non-hydrogen) atoms. The van der Waals surface area contributed by atoms with Gasteiger partial charge in [0.05, 0.1) is 13.2 Å². The SMILES string of the molecule is COc1ccccc1C1(OC(C)[C@H](N)C(=O)O)c2ccccc2-c2ccccc21. The molecule has 4 rings (SSSR count). The summed E-state index contributed by atoms with van der Waals surface area (Å²) in [6, 6.07) is 22.5. The van der Waals surface area contributed by atoms with Crippen molar-refractivity contribution < 1.29 is 19.4 Å². The minimum Gasteiger partial charge on any atom is -0.496 e. The number of para-hydroxylation sites is 1. The smallest absolute Gasteiger partial charge is 0.323 e. The predicted octanol–water partition coefficient (Wildman–Crippen LogP) is 3.78. The second-order valence-corrected chi connectivity index (χ2v) is 7.16. The van der Waals surface area contributed by atoms with Gasteiger partial charge in [-0.3, -0.25) is 4.79 Å². The van der Waals surface area contributed by atoms with Crippen LogP contribution in [0.3, 0.4) is 0 Å². The second kappa shape index (κ2) is 7.35. The Hall–Kier alpha value is -3.15. The van der Waals surface area contributed by atoms with Crippen molar-refractivity contribution in [3.05, 3.63) is 89.5 Å². The van der Waals surface area contributed by atoms with Gasteiger partial charge in [0.15, 0.2) is 0 Å². The van der Waals surface area contributed by atoms with Crippen LogP contribution in [-0.2, 0) is 15.1 Å². The maximum atomic E-state index is 11.5. The van der Waals surface area contributed by atoms with E-state index in [9.17, 15) is 9.90 Å². The molecule has 2 atom stereocenters. The summed E-state index contributed by atoms with van der Waals surface area (Å²) in [4.78, 5) is 11.5. The van der Waals surface area contributed by atoms with E-state index in [1.165, 1.54) is 0 Å². The van der Waals surface area contributed by atoms with Crippen LogP contribution in [0.2, 0.25) is 0 Å². The minimum absolute atomic E-state index is 0.662. The Kier molecular flexibility index (Phi) is 4.86. The molecule has 0 spiro atoms. The zero-order valence-electron chi connectivity index (χ0n) is 16.3. The van der Waals surface area contributed by atoms with Crippen LogP contribution >= 0.6 is 0 Å². The zero-order chi connectivity index (χ0) is 20.6. The van der Waals surface area contributed by atoms with E-state index in [2.05, 4.69) is 12.1 Å². The number of hydrogen-bond donors (Lipinski definition) is 2. The van der Waals surface area contributed by atoms with Crippen LogP contribution in [-0.4, -0.2) is 30.3 Å². The van der Waals surface area contributed by atoms with Crippen LogP contribution in [0.5, 0.6) is 5.75 Å². The zero-order valence-corrected chi connectivity index (χ0v) is 16.3. The van der Waals surface area contributed by atoms with Crippen LogP contribution in [0.1, 0.15) is 23.6 Å². The summed E-state index contributed by atoms with van der Waals surface area (Å²) in [5, 5.41) is 9.44. The molecule has 3 aromatic rings. The van der Waals surface area contributed by atoms with Gasteiger partial charge in [-0.1, -0.05) is 66.7 Å². The van der Waals surface area contributed by atoms with E-state index in [1.54, 1.807) is 14.0 Å². The molecule has 148 valence electrons. The normalized spacial score (nSPS) is 15.8. The Morgan fingerprint density at radius 2 is 1.38 bits per heavy atom. The van der Waals surface area contributed by atoms with Gasteiger partial charge in [0, 0.05) is 16.7 Å². The largest absolute Gasteiger partial charge is 0.496 e. The van der Waals surface area contributed by atoms with Crippen molar-refractivity contribution in [2.45, 2.75) is 24.7 Å². The van der Waals surface area contributed by atoms with E-state index in [4.69, 9.17) is 15.2 Å². The molecule has 0 aromatic heterocycles. The average Bonchev–Trinajstić information content (AvgIpc) is 3.04. The number of rotatable bonds is 6. The Bertz CT molecular complexity index is 1020. The van der Waals surface area contributed by atoms with Crippen molar-refractivity contribution >= 4 is 5.97 Å². The van der Waals surface area contributed by atoms with Gasteiger partial charge >= 0.3 is 5.97 Å². The highest BCUT2D eigenvalue weighted by Gasteiger charge is 2.49. The topological polar surface area (TPSA) is 81.8 Å². The number of carboxylic acid groups (broad SMARTS) is 1. The lowest BCUT2D eigenvalue weighted by molar-refractivity contribution is -0.144. The first kappa shape index (κ1) is 19.2. The lowest BCUT2D eigenvalue weighted by Gasteiger charge is -2.37. The standard InChI is InChI=1S/C24H23NO4/c1-15(22(25)23(26)27)29-24(20-13-7-8-14-21(20)28-2)18-11-5-3-9-16(18)17-10-4-6-12-19(17)24/h3-15,22H,25H2,1-2H3,(H,26,27)/t15?,22-/m0/s1. The minimum atomic E-state index is -1.17. The van der Waals surface area contributed by atoms with Crippen LogP contribution in [0, 0.1) is 0 Å². The first-order valence-electron chi connectivity index (χ1n) is 9.49. The molecular weight excluding hydrogens is 366 g/mol. The highest BCUT2D eigenvalue weighted by atomic mass is 16.5. The number of hydrogen-bond acceptors (Lipinski definition) is 4. The summed E-state index contributed by atoms with van der Waals surface area (Å²) in [6.45, 7) is 1.69. The van der Waals surface area contributed by atoms with Crippen molar-refractivity contribution in [2.24, 2.45) is 5.73 Å². The number of nitrogens with two attached hydrogens (primary N) is 1. The van der Waals surface area contributed by atoms with E-state index >= 15 is 0 Å². The van der Waals surface area contributed by atoms with Gasteiger partial charge in [-0.15, -0.1) is 0 Å². The maximum absolute atomic E-state index is 11.5. The molecule has 0 radical (unpaired) electrons. The molecule has 3 N–H and O–H groups in total. The number of fused-ring (bicyclic) bond motifs is 3. The molecule has 1 aliphatic rings. The number of carbonyl (C=O) groups is 1. The van der Waals surface area contributed by atoms with Crippen molar-refractivity contribution in [1.29, 1.82) is 0 Å². The summed E-state index contributed by atoms with van der Waals surface area (Å²) < 4.78 is 12.3. The Morgan fingerprint density at radius 3 is 1.90 bits per heavy atom. The molecule has 0 saturated carbocycles. The fraction of sp³-hybridized carbons (Fsp3) is 0.208. The van der Waals surface area contributed by atoms with Crippen LogP contribution in [0.15, 0.2) is 72.8 Å². The summed E-state index contributed by atoms with van der Waals surface area (Å²) in [7, 11) is 1.62. The molecule has 5 nitrogen and oxygen atoms in total. The Labute approximate surface area is 169 Å². The van der Waals surface area contributed by atoms with E-state index in [0.717, 1.165) is 27.8 Å². The molecule has 0 heterocycles. The van der Waals surface area contributed by atoms with Gasteiger partial charge in [-0.25, -0.2) is 0 Å². The number of methoxy groups -OCH3 is 1. The van der Waals surface area contributed by atoms with E-state index in [1.807, 2.05) is 60.7 Å². The van der Waals surface area contributed by atoms with Crippen LogP contribution < -0.4 is 10.5 Å². The Morgan fingerprint density at radius 1 is 0.897 bits per heavy atom. The van der Waals surface area contributed by atoms with E-state index in [-0.39, 0.29) is 0 Å². The molecule has 0 amide bonds. The van der Waals surface area contributed by atoms with Crippen molar-refractivity contribution in [2.75, 3.05) is 7.11 Å². The average molecular weight is 389 g/mol. The molecule has 0 aliphatic heterocycles. The monoisotopic (exact) mass is 389 g/mol. The summed E-state index contributed by atoms with van der Waals surface area (Å²) in [6.07, 6.45) is -0.753. The molecule has 5 heteroatoms. The van der Waals surface area contributed by atoms with Gasteiger partial charge in [0.25, 0.3) is 0 Å². The number of benzene rings is 3. The molecular formula is C24H23NO4. The highest BCUT2D eigenvalue weighted by Crippen LogP contribution is 2.55.